The van der Waals surface area contributed by atoms with Gasteiger partial charge >= 0.3 is 0 Å². The standard InChI is InChI=1S/C23H19BrN4O5/c1-15-2-7-18(8-3-15)26-22(29)14-33-21-11-4-16(12-20(21)24)13-25-27-23(30)17-5-9-19(10-6-17)28(31)32/h2-13H,14H2,1H3,(H,26,29)(H,27,30)/b25-13+. The average Bonchev–Trinajstić information content (AvgIpc) is 2.80. The highest BCUT2D eigenvalue weighted by Gasteiger charge is 2.09. The summed E-state index contributed by atoms with van der Waals surface area (Å²) in [5.41, 5.74) is 4.96. The number of halogens is 1. The molecular weight excluding hydrogens is 492 g/mol. The van der Waals surface area contributed by atoms with Gasteiger partial charge in [0.2, 0.25) is 0 Å². The van der Waals surface area contributed by atoms with Crippen LogP contribution in [0.25, 0.3) is 0 Å². The van der Waals surface area contributed by atoms with Gasteiger partial charge in [0.25, 0.3) is 17.5 Å². The van der Waals surface area contributed by atoms with Gasteiger partial charge in [0.05, 0.1) is 15.6 Å². The molecule has 2 N–H and O–H groups in total. The zero-order chi connectivity index (χ0) is 23.8. The van der Waals surface area contributed by atoms with Gasteiger partial charge in [-0.1, -0.05) is 17.7 Å². The Kier molecular flexibility index (Phi) is 7.87. The van der Waals surface area contributed by atoms with E-state index in [2.05, 4.69) is 31.8 Å². The first kappa shape index (κ1) is 23.6. The van der Waals surface area contributed by atoms with Crippen molar-refractivity contribution < 1.29 is 19.2 Å². The second-order valence-corrected chi connectivity index (χ2v) is 7.75. The number of nitro groups is 1. The third kappa shape index (κ3) is 6.97. The maximum atomic E-state index is 12.1. The second-order valence-electron chi connectivity index (χ2n) is 6.90. The number of hydrogen-bond donors (Lipinski definition) is 2. The number of aryl methyl sites for hydroxylation is 1. The molecule has 0 saturated heterocycles. The van der Waals surface area contributed by atoms with Gasteiger partial charge in [0.1, 0.15) is 5.75 Å². The lowest BCUT2D eigenvalue weighted by Gasteiger charge is -2.09. The number of ether oxygens (including phenoxy) is 1. The van der Waals surface area contributed by atoms with Crippen molar-refractivity contribution in [2.75, 3.05) is 11.9 Å². The fraction of sp³-hybridized carbons (Fsp3) is 0.0870. The molecule has 0 aliphatic heterocycles. The van der Waals surface area contributed by atoms with E-state index in [0.29, 0.717) is 21.5 Å². The fourth-order valence-corrected chi connectivity index (χ4v) is 3.17. The lowest BCUT2D eigenvalue weighted by Crippen LogP contribution is -2.20. The van der Waals surface area contributed by atoms with Crippen molar-refractivity contribution in [1.82, 2.24) is 5.43 Å². The predicted octanol–water partition coefficient (Wildman–Crippen LogP) is 4.45. The van der Waals surface area contributed by atoms with Gasteiger partial charge in [-0.05, 0) is 70.9 Å². The number of hydrazone groups is 1. The van der Waals surface area contributed by atoms with Crippen LogP contribution >= 0.6 is 15.9 Å². The molecule has 0 unspecified atom stereocenters. The summed E-state index contributed by atoms with van der Waals surface area (Å²) in [6, 6.07) is 17.7. The molecule has 0 aliphatic carbocycles. The van der Waals surface area contributed by atoms with Gasteiger partial charge in [0, 0.05) is 23.4 Å². The Morgan fingerprint density at radius 1 is 1.09 bits per heavy atom. The van der Waals surface area contributed by atoms with Gasteiger partial charge in [0.15, 0.2) is 6.61 Å². The van der Waals surface area contributed by atoms with E-state index in [9.17, 15) is 19.7 Å². The van der Waals surface area contributed by atoms with Crippen LogP contribution in [0.2, 0.25) is 0 Å². The molecule has 0 saturated carbocycles. The number of benzene rings is 3. The molecule has 0 heterocycles. The Bertz CT molecular complexity index is 1190. The number of nitro benzene ring substituents is 1. The molecule has 33 heavy (non-hydrogen) atoms. The van der Waals surface area contributed by atoms with Crippen molar-refractivity contribution in [2.24, 2.45) is 5.10 Å². The highest BCUT2D eigenvalue weighted by molar-refractivity contribution is 9.10. The van der Waals surface area contributed by atoms with E-state index in [1.165, 1.54) is 30.5 Å². The number of anilines is 1. The third-order valence-electron chi connectivity index (χ3n) is 4.37. The number of rotatable bonds is 8. The second kappa shape index (κ2) is 11.0. The van der Waals surface area contributed by atoms with Crippen LogP contribution < -0.4 is 15.5 Å². The summed E-state index contributed by atoms with van der Waals surface area (Å²) in [4.78, 5) is 34.3. The molecule has 0 spiro atoms. The van der Waals surface area contributed by atoms with Crippen molar-refractivity contribution in [3.05, 3.63) is 98.0 Å². The summed E-state index contributed by atoms with van der Waals surface area (Å²) in [5, 5.41) is 17.3. The van der Waals surface area contributed by atoms with Crippen molar-refractivity contribution in [3.63, 3.8) is 0 Å². The molecule has 0 aliphatic rings. The van der Waals surface area contributed by atoms with E-state index in [0.717, 1.165) is 5.56 Å². The number of hydrogen-bond acceptors (Lipinski definition) is 6. The number of non-ortho nitro benzene ring substituents is 1. The van der Waals surface area contributed by atoms with Gasteiger partial charge in [-0.25, -0.2) is 5.43 Å². The first-order chi connectivity index (χ1) is 15.8. The van der Waals surface area contributed by atoms with Crippen LogP contribution in [0.4, 0.5) is 11.4 Å². The smallest absolute Gasteiger partial charge is 0.271 e. The first-order valence-electron chi connectivity index (χ1n) is 9.68. The van der Waals surface area contributed by atoms with Crippen LogP contribution in [0.1, 0.15) is 21.5 Å². The Hall–Kier alpha value is -4.05. The van der Waals surface area contributed by atoms with Crippen LogP contribution in [-0.4, -0.2) is 29.6 Å². The minimum atomic E-state index is -0.540. The van der Waals surface area contributed by atoms with Crippen molar-refractivity contribution >= 4 is 45.3 Å². The van der Waals surface area contributed by atoms with Gasteiger partial charge < -0.3 is 10.1 Å². The van der Waals surface area contributed by atoms with Gasteiger partial charge in [-0.15, -0.1) is 0 Å². The molecular formula is C23H19BrN4O5. The van der Waals surface area contributed by atoms with Gasteiger partial charge in [-0.3, -0.25) is 19.7 Å². The normalized spacial score (nSPS) is 10.6. The predicted molar refractivity (Wildman–Crippen MR) is 128 cm³/mol. The molecule has 0 aromatic heterocycles. The SMILES string of the molecule is Cc1ccc(NC(=O)COc2ccc(/C=N/NC(=O)c3ccc([N+](=O)[O-])cc3)cc2Br)cc1. The molecule has 3 aromatic carbocycles. The molecule has 9 nitrogen and oxygen atoms in total. The van der Waals surface area contributed by atoms with Crippen LogP contribution in [0.15, 0.2) is 76.3 Å². The summed E-state index contributed by atoms with van der Waals surface area (Å²) in [6.45, 7) is 1.80. The summed E-state index contributed by atoms with van der Waals surface area (Å²) < 4.78 is 6.16. The number of nitrogens with zero attached hydrogens (tertiary/aromatic N) is 2. The largest absolute Gasteiger partial charge is 0.483 e. The molecule has 0 bridgehead atoms. The molecule has 0 radical (unpaired) electrons. The monoisotopic (exact) mass is 510 g/mol. The minimum Gasteiger partial charge on any atom is -0.483 e. The lowest BCUT2D eigenvalue weighted by atomic mass is 10.2. The van der Waals surface area contributed by atoms with Crippen molar-refractivity contribution in [1.29, 1.82) is 0 Å². The average molecular weight is 511 g/mol. The van der Waals surface area contributed by atoms with Crippen LogP contribution in [0, 0.1) is 17.0 Å². The zero-order valence-corrected chi connectivity index (χ0v) is 19.0. The number of carbonyl (C=O) groups is 2. The van der Waals surface area contributed by atoms with E-state index < -0.39 is 10.8 Å². The van der Waals surface area contributed by atoms with Crippen molar-refractivity contribution in [2.45, 2.75) is 6.92 Å². The number of nitrogens with one attached hydrogen (secondary N) is 2. The molecule has 3 rings (SSSR count). The van der Waals surface area contributed by atoms with E-state index in [1.54, 1.807) is 18.2 Å². The number of amides is 2. The Morgan fingerprint density at radius 2 is 1.79 bits per heavy atom. The first-order valence-corrected chi connectivity index (χ1v) is 10.5. The lowest BCUT2D eigenvalue weighted by molar-refractivity contribution is -0.384. The minimum absolute atomic E-state index is 0.102. The molecule has 2 amide bonds. The molecule has 0 atom stereocenters. The number of carbonyl (C=O) groups excluding carboxylic acids is 2. The molecule has 168 valence electrons. The summed E-state index contributed by atoms with van der Waals surface area (Å²) >= 11 is 3.39. The van der Waals surface area contributed by atoms with Crippen LogP contribution in [0.3, 0.4) is 0 Å². The summed E-state index contributed by atoms with van der Waals surface area (Å²) in [5.74, 6) is -0.314. The van der Waals surface area contributed by atoms with Crippen molar-refractivity contribution in [3.8, 4) is 5.75 Å². The van der Waals surface area contributed by atoms with Crippen LogP contribution in [-0.2, 0) is 4.79 Å². The Balaban J connectivity index is 1.51. The molecule has 3 aromatic rings. The topological polar surface area (TPSA) is 123 Å². The Morgan fingerprint density at radius 3 is 2.42 bits per heavy atom. The summed E-state index contributed by atoms with van der Waals surface area (Å²) in [7, 11) is 0. The quantitative estimate of drug-likeness (QED) is 0.263. The highest BCUT2D eigenvalue weighted by Crippen LogP contribution is 2.25. The van der Waals surface area contributed by atoms with E-state index in [1.807, 2.05) is 31.2 Å². The van der Waals surface area contributed by atoms with Gasteiger partial charge in [-0.2, -0.15) is 5.10 Å². The maximum Gasteiger partial charge on any atom is 0.271 e. The fourth-order valence-electron chi connectivity index (χ4n) is 2.66. The Labute approximate surface area is 197 Å². The van der Waals surface area contributed by atoms with E-state index in [4.69, 9.17) is 4.74 Å². The van der Waals surface area contributed by atoms with E-state index >= 15 is 0 Å². The molecule has 0 fully saturated rings. The maximum absolute atomic E-state index is 12.1. The summed E-state index contributed by atoms with van der Waals surface area (Å²) in [6.07, 6.45) is 1.43. The van der Waals surface area contributed by atoms with Crippen LogP contribution in [0.5, 0.6) is 5.75 Å². The zero-order valence-electron chi connectivity index (χ0n) is 17.4. The third-order valence-corrected chi connectivity index (χ3v) is 4.99. The highest BCUT2D eigenvalue weighted by atomic mass is 79.9. The molecule has 10 heteroatoms. The van der Waals surface area contributed by atoms with E-state index in [-0.39, 0.29) is 23.8 Å².